The number of benzene rings is 3. The summed E-state index contributed by atoms with van der Waals surface area (Å²) in [7, 11) is 0. The third kappa shape index (κ3) is 4.89. The van der Waals surface area contributed by atoms with E-state index in [4.69, 9.17) is 27.9 Å². The molecule has 0 unspecified atom stereocenters. The number of hydrogen-bond acceptors (Lipinski definition) is 3. The second-order valence-corrected chi connectivity index (χ2v) is 7.43. The molecule has 4 nitrogen and oxygen atoms in total. The Morgan fingerprint density at radius 3 is 2.55 bits per heavy atom. The van der Waals surface area contributed by atoms with Crippen molar-refractivity contribution >= 4 is 51.6 Å². The summed E-state index contributed by atoms with van der Waals surface area (Å²) in [5, 5.41) is 14.9. The van der Waals surface area contributed by atoms with Crippen molar-refractivity contribution in [2.45, 2.75) is 20.0 Å². The first-order chi connectivity index (χ1) is 13.9. The van der Waals surface area contributed by atoms with E-state index in [-0.39, 0.29) is 11.7 Å². The molecule has 0 atom stereocenters. The van der Waals surface area contributed by atoms with Crippen LogP contribution in [0.3, 0.4) is 0 Å². The van der Waals surface area contributed by atoms with Gasteiger partial charge in [0.2, 0.25) is 0 Å². The molecule has 29 heavy (non-hydrogen) atoms. The molecule has 1 amide bonds. The molecule has 6 heteroatoms. The van der Waals surface area contributed by atoms with E-state index in [0.29, 0.717) is 27.0 Å². The first kappa shape index (κ1) is 20.7. The largest absolute Gasteiger partial charge is 0.490 e. The van der Waals surface area contributed by atoms with Crippen molar-refractivity contribution in [1.29, 1.82) is 5.26 Å². The summed E-state index contributed by atoms with van der Waals surface area (Å²) in [4.78, 5) is 12.7. The number of ether oxygens (including phenoxy) is 1. The average Bonchev–Trinajstić information content (AvgIpc) is 2.69. The molecule has 0 aliphatic carbocycles. The van der Waals surface area contributed by atoms with Gasteiger partial charge in [0.25, 0.3) is 5.91 Å². The summed E-state index contributed by atoms with van der Waals surface area (Å²) in [5.41, 5.74) is 1.07. The molecule has 146 valence electrons. The lowest BCUT2D eigenvalue weighted by Crippen LogP contribution is -2.13. The number of anilines is 1. The number of halogens is 2. The van der Waals surface area contributed by atoms with Crippen LogP contribution in [0, 0.1) is 11.3 Å². The Balaban J connectivity index is 2.03. The summed E-state index contributed by atoms with van der Waals surface area (Å²) < 4.78 is 5.91. The molecule has 0 heterocycles. The summed E-state index contributed by atoms with van der Waals surface area (Å²) in [6.07, 6.45) is 1.49. The molecule has 0 aromatic heterocycles. The highest BCUT2D eigenvalue weighted by Crippen LogP contribution is 2.31. The topological polar surface area (TPSA) is 62.1 Å². The zero-order valence-corrected chi connectivity index (χ0v) is 17.4. The normalized spacial score (nSPS) is 11.4. The van der Waals surface area contributed by atoms with Crippen LogP contribution in [-0.4, -0.2) is 12.0 Å². The fourth-order valence-electron chi connectivity index (χ4n) is 2.85. The van der Waals surface area contributed by atoms with Gasteiger partial charge < -0.3 is 10.1 Å². The lowest BCUT2D eigenvalue weighted by Gasteiger charge is -2.15. The van der Waals surface area contributed by atoms with E-state index in [1.807, 2.05) is 56.3 Å². The molecule has 0 fully saturated rings. The van der Waals surface area contributed by atoms with Crippen molar-refractivity contribution in [2.75, 3.05) is 5.32 Å². The number of nitriles is 1. The first-order valence-corrected chi connectivity index (χ1v) is 9.71. The third-order valence-electron chi connectivity index (χ3n) is 4.12. The molecule has 0 bridgehead atoms. The molecule has 0 aliphatic heterocycles. The van der Waals surface area contributed by atoms with Crippen LogP contribution >= 0.6 is 23.2 Å². The van der Waals surface area contributed by atoms with Gasteiger partial charge in [-0.05, 0) is 55.0 Å². The maximum Gasteiger partial charge on any atom is 0.266 e. The van der Waals surface area contributed by atoms with Crippen LogP contribution in [0.1, 0.15) is 19.4 Å². The Kier molecular flexibility index (Phi) is 6.43. The minimum absolute atomic E-state index is 0.0546. The number of nitrogens with zero attached hydrogens (tertiary/aromatic N) is 1. The Morgan fingerprint density at radius 2 is 1.86 bits per heavy atom. The second kappa shape index (κ2) is 9.00. The Hall–Kier alpha value is -3.00. The van der Waals surface area contributed by atoms with Crippen molar-refractivity contribution < 1.29 is 9.53 Å². The number of hydrogen-bond donors (Lipinski definition) is 1. The lowest BCUT2D eigenvalue weighted by molar-refractivity contribution is -0.112. The van der Waals surface area contributed by atoms with Gasteiger partial charge in [0.15, 0.2) is 0 Å². The first-order valence-electron chi connectivity index (χ1n) is 8.95. The van der Waals surface area contributed by atoms with Gasteiger partial charge in [-0.1, -0.05) is 53.5 Å². The molecule has 0 saturated heterocycles. The fraction of sp³-hybridized carbons (Fsp3) is 0.130. The molecule has 0 aliphatic rings. The Morgan fingerprint density at radius 1 is 1.10 bits per heavy atom. The van der Waals surface area contributed by atoms with Crippen LogP contribution in [0.2, 0.25) is 10.0 Å². The van der Waals surface area contributed by atoms with Crippen molar-refractivity contribution in [3.63, 3.8) is 0 Å². The fourth-order valence-corrected chi connectivity index (χ4v) is 3.14. The van der Waals surface area contributed by atoms with Crippen LogP contribution in [0.5, 0.6) is 5.75 Å². The van der Waals surface area contributed by atoms with E-state index in [9.17, 15) is 10.1 Å². The van der Waals surface area contributed by atoms with Crippen molar-refractivity contribution in [1.82, 2.24) is 0 Å². The minimum Gasteiger partial charge on any atom is -0.490 e. The number of nitrogens with one attached hydrogen (secondary N) is 1. The molecular weight excluding hydrogens is 407 g/mol. The molecule has 3 aromatic rings. The molecule has 0 radical (unpaired) electrons. The molecule has 3 aromatic carbocycles. The standard InChI is InChI=1S/C23H18Cl2N2O2/c1-14(2)29-22-10-7-15-5-3-4-6-18(15)19(22)11-16(13-26)23(28)27-17-8-9-20(24)21(25)12-17/h3-12,14H,1-2H3,(H,27,28)/b16-11+. The monoisotopic (exact) mass is 424 g/mol. The van der Waals surface area contributed by atoms with E-state index in [1.165, 1.54) is 6.07 Å². The number of carbonyl (C=O) groups excluding carboxylic acids is 1. The van der Waals surface area contributed by atoms with E-state index in [0.717, 1.165) is 10.8 Å². The minimum atomic E-state index is -0.547. The van der Waals surface area contributed by atoms with Crippen LogP contribution in [-0.2, 0) is 4.79 Å². The van der Waals surface area contributed by atoms with E-state index in [2.05, 4.69) is 5.32 Å². The highest BCUT2D eigenvalue weighted by molar-refractivity contribution is 6.42. The predicted molar refractivity (Wildman–Crippen MR) is 118 cm³/mol. The number of carbonyl (C=O) groups is 1. The van der Waals surface area contributed by atoms with Gasteiger partial charge in [-0.15, -0.1) is 0 Å². The molecule has 0 saturated carbocycles. The zero-order valence-electron chi connectivity index (χ0n) is 15.9. The highest BCUT2D eigenvalue weighted by Gasteiger charge is 2.15. The smallest absolute Gasteiger partial charge is 0.266 e. The van der Waals surface area contributed by atoms with E-state index < -0.39 is 5.91 Å². The predicted octanol–water partition coefficient (Wildman–Crippen LogP) is 6.48. The lowest BCUT2D eigenvalue weighted by atomic mass is 10.0. The Bertz CT molecular complexity index is 1150. The highest BCUT2D eigenvalue weighted by atomic mass is 35.5. The maximum atomic E-state index is 12.7. The van der Waals surface area contributed by atoms with Crippen LogP contribution < -0.4 is 10.1 Å². The summed E-state index contributed by atoms with van der Waals surface area (Å²) in [5.74, 6) is 0.0584. The van der Waals surface area contributed by atoms with Gasteiger partial charge in [-0.2, -0.15) is 5.26 Å². The summed E-state index contributed by atoms with van der Waals surface area (Å²) >= 11 is 11.9. The quantitative estimate of drug-likeness (QED) is 0.376. The van der Waals surface area contributed by atoms with Crippen molar-refractivity contribution in [3.05, 3.63) is 75.8 Å². The summed E-state index contributed by atoms with van der Waals surface area (Å²) in [6, 6.07) is 18.2. The molecule has 3 rings (SSSR count). The Labute approximate surface area is 179 Å². The van der Waals surface area contributed by atoms with Crippen molar-refractivity contribution in [2.24, 2.45) is 0 Å². The number of rotatable bonds is 5. The number of amides is 1. The molecular formula is C23H18Cl2N2O2. The average molecular weight is 425 g/mol. The molecule has 0 spiro atoms. The van der Waals surface area contributed by atoms with Gasteiger partial charge in [0, 0.05) is 11.3 Å². The van der Waals surface area contributed by atoms with Crippen LogP contribution in [0.25, 0.3) is 16.8 Å². The zero-order chi connectivity index (χ0) is 21.0. The third-order valence-corrected chi connectivity index (χ3v) is 4.86. The van der Waals surface area contributed by atoms with Gasteiger partial charge >= 0.3 is 0 Å². The summed E-state index contributed by atoms with van der Waals surface area (Å²) in [6.45, 7) is 3.84. The van der Waals surface area contributed by atoms with Gasteiger partial charge in [0.1, 0.15) is 17.4 Å². The SMILES string of the molecule is CC(C)Oc1ccc2ccccc2c1/C=C(\C#N)C(=O)Nc1ccc(Cl)c(Cl)c1. The van der Waals surface area contributed by atoms with Crippen molar-refractivity contribution in [3.8, 4) is 11.8 Å². The van der Waals surface area contributed by atoms with Gasteiger partial charge in [-0.25, -0.2) is 0 Å². The van der Waals surface area contributed by atoms with E-state index >= 15 is 0 Å². The number of fused-ring (bicyclic) bond motifs is 1. The van der Waals surface area contributed by atoms with Gasteiger partial charge in [-0.3, -0.25) is 4.79 Å². The van der Waals surface area contributed by atoms with Crippen LogP contribution in [0.15, 0.2) is 60.2 Å². The van der Waals surface area contributed by atoms with Crippen LogP contribution in [0.4, 0.5) is 5.69 Å². The van der Waals surface area contributed by atoms with Gasteiger partial charge in [0.05, 0.1) is 16.1 Å². The maximum absolute atomic E-state index is 12.7. The van der Waals surface area contributed by atoms with E-state index in [1.54, 1.807) is 18.2 Å². The second-order valence-electron chi connectivity index (χ2n) is 6.62. The molecule has 1 N–H and O–H groups in total.